The summed E-state index contributed by atoms with van der Waals surface area (Å²) < 4.78 is 9.36. The van der Waals surface area contributed by atoms with E-state index >= 15 is 0 Å². The summed E-state index contributed by atoms with van der Waals surface area (Å²) in [6.45, 7) is 2.48. The topological polar surface area (TPSA) is 104 Å². The number of ether oxygens (including phenoxy) is 2. The highest BCUT2D eigenvalue weighted by atomic mass is 32.1. The average molecular weight is 259 g/mol. The molecule has 0 saturated carbocycles. The number of nitrogens with zero attached hydrogens (tertiary/aromatic N) is 1. The first kappa shape index (κ1) is 13.2. The maximum absolute atomic E-state index is 11.4. The monoisotopic (exact) mass is 259 g/mol. The molecule has 94 valence electrons. The van der Waals surface area contributed by atoms with Crippen LogP contribution in [0, 0.1) is 0 Å². The Hall–Kier alpha value is -1.83. The predicted octanol–water partition coefficient (Wildman–Crippen LogP) is 0.827. The minimum atomic E-state index is -0.832. The summed E-state index contributed by atoms with van der Waals surface area (Å²) in [5.74, 6) is -0.480. The van der Waals surface area contributed by atoms with Crippen molar-refractivity contribution in [3.63, 3.8) is 0 Å². The molecule has 1 amide bonds. The molecule has 0 atom stereocenters. The molecule has 7 nitrogen and oxygen atoms in total. The Balaban J connectivity index is 2.45. The number of esters is 1. The van der Waals surface area contributed by atoms with E-state index in [1.165, 1.54) is 16.8 Å². The van der Waals surface area contributed by atoms with Crippen molar-refractivity contribution in [1.29, 1.82) is 0 Å². The fraction of sp³-hybridized carbons (Fsp3) is 0.444. The fourth-order valence-corrected chi connectivity index (χ4v) is 1.73. The number of thiazole rings is 1. The molecule has 0 aliphatic carbocycles. The molecule has 8 heteroatoms. The Morgan fingerprint density at radius 1 is 1.53 bits per heavy atom. The second-order valence-electron chi connectivity index (χ2n) is 2.84. The molecule has 0 spiro atoms. The van der Waals surface area contributed by atoms with E-state index in [4.69, 9.17) is 10.5 Å². The van der Waals surface area contributed by atoms with Crippen LogP contribution in [0.3, 0.4) is 0 Å². The van der Waals surface area contributed by atoms with E-state index < -0.39 is 12.1 Å². The highest BCUT2D eigenvalue weighted by Gasteiger charge is 2.15. The zero-order valence-electron chi connectivity index (χ0n) is 9.26. The van der Waals surface area contributed by atoms with Gasteiger partial charge in [0.15, 0.2) is 5.69 Å². The van der Waals surface area contributed by atoms with Crippen molar-refractivity contribution in [2.45, 2.75) is 6.92 Å². The lowest BCUT2D eigenvalue weighted by atomic mass is 10.4. The molecule has 0 radical (unpaired) electrons. The van der Waals surface area contributed by atoms with E-state index in [0.717, 1.165) is 0 Å². The van der Waals surface area contributed by atoms with Crippen molar-refractivity contribution >= 4 is 28.4 Å². The first-order chi connectivity index (χ1) is 8.15. The fourth-order valence-electron chi connectivity index (χ4n) is 1.03. The molecular formula is C9H13N3O4S. The molecule has 1 rings (SSSR count). The smallest absolute Gasteiger partial charge is 0.404 e. The molecular weight excluding hydrogens is 246 g/mol. The third kappa shape index (κ3) is 4.27. The SMILES string of the molecule is CCOC(=O)c1ncsc1NCCOC(N)=O. The van der Waals surface area contributed by atoms with Crippen LogP contribution in [-0.2, 0) is 9.47 Å². The van der Waals surface area contributed by atoms with Crippen LogP contribution in [0.25, 0.3) is 0 Å². The number of carbonyl (C=O) groups excluding carboxylic acids is 2. The first-order valence-corrected chi connectivity index (χ1v) is 5.79. The van der Waals surface area contributed by atoms with Crippen molar-refractivity contribution < 1.29 is 19.1 Å². The standard InChI is InChI=1S/C9H13N3O4S/c1-2-15-8(13)6-7(17-5-12-6)11-3-4-16-9(10)14/h5,11H,2-4H2,1H3,(H2,10,14). The van der Waals surface area contributed by atoms with Gasteiger partial charge >= 0.3 is 12.1 Å². The Kier molecular flexibility index (Phi) is 5.21. The number of primary amides is 1. The van der Waals surface area contributed by atoms with Crippen LogP contribution >= 0.6 is 11.3 Å². The predicted molar refractivity (Wildman–Crippen MR) is 62.1 cm³/mol. The molecule has 3 N–H and O–H groups in total. The van der Waals surface area contributed by atoms with Gasteiger partial charge in [0.1, 0.15) is 11.6 Å². The highest BCUT2D eigenvalue weighted by Crippen LogP contribution is 2.20. The van der Waals surface area contributed by atoms with Crippen LogP contribution < -0.4 is 11.1 Å². The van der Waals surface area contributed by atoms with Crippen molar-refractivity contribution in [2.75, 3.05) is 25.1 Å². The molecule has 0 bridgehead atoms. The van der Waals surface area contributed by atoms with Gasteiger partial charge < -0.3 is 20.5 Å². The summed E-state index contributed by atoms with van der Waals surface area (Å²) in [6.07, 6.45) is -0.832. The number of anilines is 1. The van der Waals surface area contributed by atoms with E-state index in [9.17, 15) is 9.59 Å². The lowest BCUT2D eigenvalue weighted by molar-refractivity contribution is 0.0521. The summed E-state index contributed by atoms with van der Waals surface area (Å²) in [4.78, 5) is 25.7. The molecule has 1 aromatic rings. The summed E-state index contributed by atoms with van der Waals surface area (Å²) in [7, 11) is 0. The quantitative estimate of drug-likeness (QED) is 0.579. The van der Waals surface area contributed by atoms with Gasteiger partial charge in [-0.1, -0.05) is 0 Å². The van der Waals surface area contributed by atoms with Crippen LogP contribution in [0.1, 0.15) is 17.4 Å². The maximum atomic E-state index is 11.4. The van der Waals surface area contributed by atoms with Crippen LogP contribution in [0.5, 0.6) is 0 Å². The largest absolute Gasteiger partial charge is 0.461 e. The Morgan fingerprint density at radius 2 is 2.29 bits per heavy atom. The summed E-state index contributed by atoms with van der Waals surface area (Å²) >= 11 is 1.27. The Bertz CT molecular complexity index is 393. The van der Waals surface area contributed by atoms with E-state index in [0.29, 0.717) is 18.2 Å². The zero-order chi connectivity index (χ0) is 12.7. The molecule has 0 aliphatic rings. The third-order valence-corrected chi connectivity index (χ3v) is 2.45. The molecule has 0 aliphatic heterocycles. The van der Waals surface area contributed by atoms with Gasteiger partial charge in [-0.25, -0.2) is 14.6 Å². The number of nitrogens with one attached hydrogen (secondary N) is 1. The molecule has 17 heavy (non-hydrogen) atoms. The van der Waals surface area contributed by atoms with Crippen LogP contribution in [0.15, 0.2) is 5.51 Å². The molecule has 0 unspecified atom stereocenters. The number of hydrogen-bond acceptors (Lipinski definition) is 7. The minimum absolute atomic E-state index is 0.121. The maximum Gasteiger partial charge on any atom is 0.404 e. The van der Waals surface area contributed by atoms with Gasteiger partial charge in [-0.2, -0.15) is 0 Å². The van der Waals surface area contributed by atoms with E-state index in [-0.39, 0.29) is 12.3 Å². The number of nitrogens with two attached hydrogens (primary N) is 1. The van der Waals surface area contributed by atoms with E-state index in [2.05, 4.69) is 15.0 Å². The van der Waals surface area contributed by atoms with Gasteiger partial charge in [0.25, 0.3) is 0 Å². The normalized spacial score (nSPS) is 9.71. The second-order valence-corrected chi connectivity index (χ2v) is 3.70. The van der Waals surface area contributed by atoms with E-state index in [1.54, 1.807) is 6.92 Å². The Morgan fingerprint density at radius 3 is 2.94 bits per heavy atom. The van der Waals surface area contributed by atoms with Gasteiger partial charge in [0, 0.05) is 6.54 Å². The Labute approximate surface area is 102 Å². The molecule has 0 fully saturated rings. The first-order valence-electron chi connectivity index (χ1n) is 4.91. The minimum Gasteiger partial charge on any atom is -0.461 e. The second kappa shape index (κ2) is 6.69. The number of rotatable bonds is 6. The molecule has 0 aromatic carbocycles. The summed E-state index contributed by atoms with van der Waals surface area (Å²) in [6, 6.07) is 0. The number of aromatic nitrogens is 1. The number of carbonyl (C=O) groups is 2. The lowest BCUT2D eigenvalue weighted by Crippen LogP contribution is -2.19. The van der Waals surface area contributed by atoms with Gasteiger partial charge in [-0.15, -0.1) is 11.3 Å². The van der Waals surface area contributed by atoms with Crippen LogP contribution in [0.2, 0.25) is 0 Å². The van der Waals surface area contributed by atoms with Crippen molar-refractivity contribution in [3.05, 3.63) is 11.2 Å². The lowest BCUT2D eigenvalue weighted by Gasteiger charge is -2.05. The van der Waals surface area contributed by atoms with Crippen molar-refractivity contribution in [1.82, 2.24) is 4.98 Å². The van der Waals surface area contributed by atoms with Crippen molar-refractivity contribution in [2.24, 2.45) is 5.73 Å². The van der Waals surface area contributed by atoms with E-state index in [1.807, 2.05) is 0 Å². The van der Waals surface area contributed by atoms with Crippen molar-refractivity contribution in [3.8, 4) is 0 Å². The number of hydrogen-bond donors (Lipinski definition) is 2. The third-order valence-electron chi connectivity index (χ3n) is 1.67. The molecule has 0 saturated heterocycles. The van der Waals surface area contributed by atoms with Gasteiger partial charge in [-0.3, -0.25) is 0 Å². The van der Waals surface area contributed by atoms with Gasteiger partial charge in [-0.05, 0) is 6.92 Å². The van der Waals surface area contributed by atoms with Crippen LogP contribution in [0.4, 0.5) is 9.80 Å². The summed E-state index contributed by atoms with van der Waals surface area (Å²) in [5, 5.41) is 3.49. The average Bonchev–Trinajstić information content (AvgIpc) is 2.72. The van der Waals surface area contributed by atoms with Gasteiger partial charge in [0.2, 0.25) is 0 Å². The zero-order valence-corrected chi connectivity index (χ0v) is 10.1. The highest BCUT2D eigenvalue weighted by molar-refractivity contribution is 7.14. The molecule has 1 heterocycles. The van der Waals surface area contributed by atoms with Gasteiger partial charge in [0.05, 0.1) is 12.1 Å². The summed E-state index contributed by atoms with van der Waals surface area (Å²) in [5.41, 5.74) is 6.56. The van der Waals surface area contributed by atoms with Crippen LogP contribution in [-0.4, -0.2) is 36.8 Å². The molecule has 1 aromatic heterocycles. The number of amides is 1.